The maximum atomic E-state index is 12.5. The summed E-state index contributed by atoms with van der Waals surface area (Å²) in [7, 11) is -3.35. The summed E-state index contributed by atoms with van der Waals surface area (Å²) >= 11 is 0. The second kappa shape index (κ2) is 7.15. The van der Waals surface area contributed by atoms with Crippen LogP contribution in [0.2, 0.25) is 0 Å². The molecule has 1 aromatic rings. The fraction of sp³-hybridized carbons (Fsp3) is 0.556. The third-order valence-corrected chi connectivity index (χ3v) is 7.33. The Labute approximate surface area is 147 Å². The molecular formula is C18H23NO5S. The number of carbonyl (C=O) groups excluding carboxylic acids is 1. The molecule has 136 valence electrons. The number of aliphatic carboxylic acids is 1. The van der Waals surface area contributed by atoms with Crippen molar-refractivity contribution >= 4 is 21.7 Å². The first kappa shape index (κ1) is 17.9. The number of amides is 1. The molecule has 7 heteroatoms. The first-order chi connectivity index (χ1) is 11.9. The lowest BCUT2D eigenvalue weighted by Gasteiger charge is -2.15. The minimum atomic E-state index is -3.35. The van der Waals surface area contributed by atoms with Crippen LogP contribution in [0.4, 0.5) is 0 Å². The monoisotopic (exact) mass is 365 g/mol. The van der Waals surface area contributed by atoms with Gasteiger partial charge in [0, 0.05) is 5.56 Å². The van der Waals surface area contributed by atoms with Gasteiger partial charge in [0.2, 0.25) is 0 Å². The number of carboxylic acid groups (broad SMARTS) is 1. The summed E-state index contributed by atoms with van der Waals surface area (Å²) in [5.41, 5.74) is 0.271. The SMILES string of the molecule is O=C(NC(CC1CC1)C(=O)O)c1ccc(S(=O)(=O)C2CCCC2)cc1. The van der Waals surface area contributed by atoms with Gasteiger partial charge >= 0.3 is 5.97 Å². The fourth-order valence-electron chi connectivity index (χ4n) is 3.34. The van der Waals surface area contributed by atoms with Crippen LogP contribution < -0.4 is 5.32 Å². The largest absolute Gasteiger partial charge is 0.480 e. The molecule has 1 unspecified atom stereocenters. The van der Waals surface area contributed by atoms with Crippen molar-refractivity contribution in [2.24, 2.45) is 5.92 Å². The lowest BCUT2D eigenvalue weighted by Crippen LogP contribution is -2.41. The number of carbonyl (C=O) groups is 2. The molecule has 0 bridgehead atoms. The van der Waals surface area contributed by atoms with Crippen molar-refractivity contribution in [3.63, 3.8) is 0 Å². The van der Waals surface area contributed by atoms with Gasteiger partial charge in [-0.2, -0.15) is 0 Å². The van der Waals surface area contributed by atoms with Gasteiger partial charge in [-0.1, -0.05) is 25.7 Å². The normalized spacial score (nSPS) is 19.5. The average Bonchev–Trinajstić information content (AvgIpc) is 3.22. The maximum absolute atomic E-state index is 12.5. The molecule has 1 aromatic carbocycles. The van der Waals surface area contributed by atoms with E-state index >= 15 is 0 Å². The van der Waals surface area contributed by atoms with Gasteiger partial charge in [-0.15, -0.1) is 0 Å². The summed E-state index contributed by atoms with van der Waals surface area (Å²) in [6, 6.07) is 4.89. The van der Waals surface area contributed by atoms with Gasteiger partial charge < -0.3 is 10.4 Å². The van der Waals surface area contributed by atoms with Gasteiger partial charge in [-0.05, 0) is 49.4 Å². The molecule has 0 heterocycles. The van der Waals surface area contributed by atoms with Crippen molar-refractivity contribution in [2.75, 3.05) is 0 Å². The predicted octanol–water partition coefficient (Wildman–Crippen LogP) is 2.39. The first-order valence-electron chi connectivity index (χ1n) is 8.75. The third kappa shape index (κ3) is 4.21. The Morgan fingerprint density at radius 2 is 1.68 bits per heavy atom. The van der Waals surface area contributed by atoms with E-state index in [4.69, 9.17) is 0 Å². The molecule has 0 aromatic heterocycles. The van der Waals surface area contributed by atoms with Crippen LogP contribution in [-0.4, -0.2) is 36.7 Å². The van der Waals surface area contributed by atoms with Crippen LogP contribution in [0, 0.1) is 5.92 Å². The van der Waals surface area contributed by atoms with E-state index in [0.29, 0.717) is 25.2 Å². The number of benzene rings is 1. The van der Waals surface area contributed by atoms with Crippen LogP contribution in [0.15, 0.2) is 29.2 Å². The molecule has 1 atom stereocenters. The second-order valence-electron chi connectivity index (χ2n) is 7.02. The molecule has 2 fully saturated rings. The van der Waals surface area contributed by atoms with Gasteiger partial charge in [0.15, 0.2) is 9.84 Å². The topological polar surface area (TPSA) is 101 Å². The molecule has 0 spiro atoms. The zero-order valence-electron chi connectivity index (χ0n) is 14.0. The van der Waals surface area contributed by atoms with E-state index in [1.54, 1.807) is 0 Å². The van der Waals surface area contributed by atoms with Gasteiger partial charge in [-0.25, -0.2) is 13.2 Å². The van der Waals surface area contributed by atoms with Crippen molar-refractivity contribution in [3.8, 4) is 0 Å². The summed E-state index contributed by atoms with van der Waals surface area (Å²) in [6.45, 7) is 0. The average molecular weight is 365 g/mol. The molecule has 0 aliphatic heterocycles. The van der Waals surface area contributed by atoms with E-state index in [-0.39, 0.29) is 15.7 Å². The Bertz CT molecular complexity index is 746. The fourth-order valence-corrected chi connectivity index (χ4v) is 5.19. The van der Waals surface area contributed by atoms with E-state index in [1.165, 1.54) is 24.3 Å². The van der Waals surface area contributed by atoms with Crippen LogP contribution in [0.3, 0.4) is 0 Å². The van der Waals surface area contributed by atoms with Crippen LogP contribution in [-0.2, 0) is 14.6 Å². The minimum absolute atomic E-state index is 0.226. The van der Waals surface area contributed by atoms with Crippen LogP contribution in [0.5, 0.6) is 0 Å². The second-order valence-corrected chi connectivity index (χ2v) is 9.25. The van der Waals surface area contributed by atoms with Gasteiger partial charge in [0.25, 0.3) is 5.91 Å². The van der Waals surface area contributed by atoms with Crippen molar-refractivity contribution in [1.29, 1.82) is 0 Å². The highest BCUT2D eigenvalue weighted by molar-refractivity contribution is 7.92. The smallest absolute Gasteiger partial charge is 0.326 e. The van der Waals surface area contributed by atoms with Crippen LogP contribution in [0.1, 0.15) is 55.3 Å². The van der Waals surface area contributed by atoms with Gasteiger partial charge in [0.05, 0.1) is 10.1 Å². The van der Waals surface area contributed by atoms with Crippen molar-refractivity contribution in [1.82, 2.24) is 5.32 Å². The summed E-state index contributed by atoms with van der Waals surface area (Å²) in [4.78, 5) is 23.7. The van der Waals surface area contributed by atoms with E-state index in [0.717, 1.165) is 25.7 Å². The molecule has 3 rings (SSSR count). The molecular weight excluding hydrogens is 342 g/mol. The Balaban J connectivity index is 1.68. The molecule has 0 saturated heterocycles. The molecule has 6 nitrogen and oxygen atoms in total. The van der Waals surface area contributed by atoms with E-state index in [1.807, 2.05) is 0 Å². The molecule has 2 saturated carbocycles. The Morgan fingerprint density at radius 3 is 2.20 bits per heavy atom. The summed E-state index contributed by atoms with van der Waals surface area (Å²) in [5, 5.41) is 11.4. The lowest BCUT2D eigenvalue weighted by molar-refractivity contribution is -0.139. The van der Waals surface area contributed by atoms with Crippen molar-refractivity contribution in [3.05, 3.63) is 29.8 Å². The molecule has 2 N–H and O–H groups in total. The number of hydrogen-bond donors (Lipinski definition) is 2. The number of nitrogens with one attached hydrogen (secondary N) is 1. The van der Waals surface area contributed by atoms with E-state index < -0.39 is 27.8 Å². The Kier molecular flexibility index (Phi) is 5.13. The highest BCUT2D eigenvalue weighted by Crippen LogP contribution is 2.33. The summed E-state index contributed by atoms with van der Waals surface area (Å²) in [5.74, 6) is -1.15. The maximum Gasteiger partial charge on any atom is 0.326 e. The van der Waals surface area contributed by atoms with Gasteiger partial charge in [0.1, 0.15) is 6.04 Å². The molecule has 2 aliphatic carbocycles. The highest BCUT2D eigenvalue weighted by Gasteiger charge is 2.31. The lowest BCUT2D eigenvalue weighted by atomic mass is 10.1. The van der Waals surface area contributed by atoms with Crippen molar-refractivity contribution < 1.29 is 23.1 Å². The number of rotatable bonds is 7. The predicted molar refractivity (Wildman–Crippen MR) is 92.1 cm³/mol. The number of carboxylic acids is 1. The van der Waals surface area contributed by atoms with E-state index in [9.17, 15) is 23.1 Å². The number of hydrogen-bond acceptors (Lipinski definition) is 4. The zero-order valence-corrected chi connectivity index (χ0v) is 14.8. The number of sulfone groups is 1. The quantitative estimate of drug-likeness (QED) is 0.773. The minimum Gasteiger partial charge on any atom is -0.480 e. The Morgan fingerprint density at radius 1 is 1.08 bits per heavy atom. The van der Waals surface area contributed by atoms with Crippen molar-refractivity contribution in [2.45, 2.75) is 61.1 Å². The van der Waals surface area contributed by atoms with Crippen LogP contribution in [0.25, 0.3) is 0 Å². The van der Waals surface area contributed by atoms with Crippen LogP contribution >= 0.6 is 0 Å². The molecule has 25 heavy (non-hydrogen) atoms. The molecule has 2 aliphatic rings. The highest BCUT2D eigenvalue weighted by atomic mass is 32.2. The Hall–Kier alpha value is -1.89. The summed E-state index contributed by atoms with van der Waals surface area (Å²) in [6.07, 6.45) is 5.69. The molecule has 0 radical (unpaired) electrons. The standard InChI is InChI=1S/C18H23NO5S/c20-17(19-16(18(21)22)11-12-5-6-12)13-7-9-15(10-8-13)25(23,24)14-3-1-2-4-14/h7-10,12,14,16H,1-6,11H2,(H,19,20)(H,21,22). The van der Waals surface area contributed by atoms with E-state index in [2.05, 4.69) is 5.32 Å². The first-order valence-corrected chi connectivity index (χ1v) is 10.3. The third-order valence-electron chi connectivity index (χ3n) is 5.06. The van der Waals surface area contributed by atoms with Gasteiger partial charge in [-0.3, -0.25) is 4.79 Å². The molecule has 1 amide bonds. The summed E-state index contributed by atoms with van der Waals surface area (Å²) < 4.78 is 25.1. The zero-order chi connectivity index (χ0) is 18.0.